The second kappa shape index (κ2) is 7.04. The first-order chi connectivity index (χ1) is 12.0. The Bertz CT molecular complexity index is 893. The van der Waals surface area contributed by atoms with Gasteiger partial charge in [0.15, 0.2) is 0 Å². The molecule has 0 spiro atoms. The lowest BCUT2D eigenvalue weighted by Crippen LogP contribution is -2.13. The van der Waals surface area contributed by atoms with E-state index in [9.17, 15) is 18.0 Å². The minimum atomic E-state index is -0.743. The Balaban J connectivity index is 1.72. The third kappa shape index (κ3) is 3.95. The molecule has 0 aliphatic heterocycles. The van der Waals surface area contributed by atoms with Crippen molar-refractivity contribution in [2.45, 2.75) is 0 Å². The molecular weight excluding hydrogens is 331 g/mol. The number of nitrogens with one attached hydrogen (secondary N) is 2. The molecule has 0 saturated carbocycles. The van der Waals surface area contributed by atoms with Crippen molar-refractivity contribution >= 4 is 23.0 Å². The molecule has 0 aliphatic rings. The maximum absolute atomic E-state index is 13.6. The number of halogens is 3. The summed E-state index contributed by atoms with van der Waals surface area (Å²) in [7, 11) is 0. The highest BCUT2D eigenvalue weighted by Crippen LogP contribution is 2.22. The van der Waals surface area contributed by atoms with Crippen molar-refractivity contribution in [3.05, 3.63) is 83.9 Å². The molecule has 0 fully saturated rings. The molecule has 0 bridgehead atoms. The van der Waals surface area contributed by atoms with Crippen molar-refractivity contribution in [2.24, 2.45) is 0 Å². The van der Waals surface area contributed by atoms with Crippen molar-refractivity contribution in [2.75, 3.05) is 10.6 Å². The monoisotopic (exact) mass is 343 g/mol. The lowest BCUT2D eigenvalue weighted by atomic mass is 10.2. The van der Waals surface area contributed by atoms with Crippen molar-refractivity contribution in [3.8, 4) is 0 Å². The molecule has 0 atom stereocenters. The van der Waals surface area contributed by atoms with E-state index in [0.29, 0.717) is 11.4 Å². The molecule has 0 unspecified atom stereocenters. The van der Waals surface area contributed by atoms with Crippen LogP contribution < -0.4 is 10.6 Å². The molecule has 1 amide bonds. The Morgan fingerprint density at radius 3 is 2.24 bits per heavy atom. The maximum atomic E-state index is 13.6. The lowest BCUT2D eigenvalue weighted by molar-refractivity contribution is 0.102. The fourth-order valence-electron chi connectivity index (χ4n) is 2.13. The predicted molar refractivity (Wildman–Crippen MR) is 88.2 cm³/mol. The van der Waals surface area contributed by atoms with Gasteiger partial charge in [0, 0.05) is 5.69 Å². The van der Waals surface area contributed by atoms with Crippen molar-refractivity contribution < 1.29 is 18.0 Å². The van der Waals surface area contributed by atoms with Crippen LogP contribution in [-0.2, 0) is 0 Å². The fourth-order valence-corrected chi connectivity index (χ4v) is 2.13. The number of hydrogen-bond donors (Lipinski definition) is 2. The zero-order valence-electron chi connectivity index (χ0n) is 12.8. The van der Waals surface area contributed by atoms with Crippen LogP contribution in [0, 0.1) is 17.5 Å². The molecule has 2 aromatic carbocycles. The Morgan fingerprint density at radius 1 is 0.880 bits per heavy atom. The number of carbonyl (C=O) groups is 1. The number of benzene rings is 2. The fraction of sp³-hybridized carbons (Fsp3) is 0. The molecule has 126 valence electrons. The Kier molecular flexibility index (Phi) is 4.65. The zero-order chi connectivity index (χ0) is 17.8. The van der Waals surface area contributed by atoms with E-state index in [2.05, 4.69) is 15.6 Å². The van der Waals surface area contributed by atoms with Crippen LogP contribution in [0.3, 0.4) is 0 Å². The molecule has 2 N–H and O–H groups in total. The molecule has 4 nitrogen and oxygen atoms in total. The van der Waals surface area contributed by atoms with Gasteiger partial charge in [0.05, 0.1) is 11.9 Å². The maximum Gasteiger partial charge on any atom is 0.274 e. The zero-order valence-corrected chi connectivity index (χ0v) is 12.8. The van der Waals surface area contributed by atoms with E-state index in [1.165, 1.54) is 48.7 Å². The summed E-state index contributed by atoms with van der Waals surface area (Å²) >= 11 is 0. The summed E-state index contributed by atoms with van der Waals surface area (Å²) < 4.78 is 40.3. The van der Waals surface area contributed by atoms with Crippen LogP contribution in [0.5, 0.6) is 0 Å². The molecular formula is C18H12F3N3O. The number of pyridine rings is 1. The van der Waals surface area contributed by atoms with E-state index in [1.807, 2.05) is 0 Å². The van der Waals surface area contributed by atoms with Gasteiger partial charge in [0.2, 0.25) is 0 Å². The molecule has 0 aliphatic carbocycles. The highest BCUT2D eigenvalue weighted by molar-refractivity contribution is 6.02. The average molecular weight is 343 g/mol. The van der Waals surface area contributed by atoms with Gasteiger partial charge in [0.1, 0.15) is 28.8 Å². The first-order valence-corrected chi connectivity index (χ1v) is 7.27. The van der Waals surface area contributed by atoms with Gasteiger partial charge < -0.3 is 10.6 Å². The van der Waals surface area contributed by atoms with Crippen LogP contribution in [0.1, 0.15) is 10.5 Å². The van der Waals surface area contributed by atoms with Gasteiger partial charge in [-0.2, -0.15) is 0 Å². The number of aromatic nitrogens is 1. The summed E-state index contributed by atoms with van der Waals surface area (Å²) in [4.78, 5) is 16.0. The van der Waals surface area contributed by atoms with E-state index in [0.717, 1.165) is 12.1 Å². The van der Waals surface area contributed by atoms with E-state index < -0.39 is 23.4 Å². The van der Waals surface area contributed by atoms with E-state index in [-0.39, 0.29) is 11.4 Å². The summed E-state index contributed by atoms with van der Waals surface area (Å²) in [6.07, 6.45) is 1.27. The molecule has 1 aromatic heterocycles. The average Bonchev–Trinajstić information content (AvgIpc) is 2.59. The molecule has 0 radical (unpaired) electrons. The van der Waals surface area contributed by atoms with Crippen LogP contribution in [0.25, 0.3) is 0 Å². The number of nitrogens with zero attached hydrogens (tertiary/aromatic N) is 1. The Morgan fingerprint density at radius 2 is 1.60 bits per heavy atom. The Labute approximate surface area is 141 Å². The van der Waals surface area contributed by atoms with Crippen LogP contribution in [-0.4, -0.2) is 10.9 Å². The molecule has 7 heteroatoms. The van der Waals surface area contributed by atoms with Crippen LogP contribution in [0.4, 0.5) is 30.2 Å². The quantitative estimate of drug-likeness (QED) is 0.734. The lowest BCUT2D eigenvalue weighted by Gasteiger charge is -2.09. The summed E-state index contributed by atoms with van der Waals surface area (Å²) in [5.74, 6) is -2.49. The topological polar surface area (TPSA) is 54.0 Å². The number of anilines is 3. The highest BCUT2D eigenvalue weighted by Gasteiger charge is 2.11. The summed E-state index contributed by atoms with van der Waals surface area (Å²) in [6.45, 7) is 0. The van der Waals surface area contributed by atoms with Crippen molar-refractivity contribution in [1.82, 2.24) is 4.98 Å². The normalized spacial score (nSPS) is 10.4. The summed E-state index contributed by atoms with van der Waals surface area (Å²) in [5.41, 5.74) is 0.374. The Hall–Kier alpha value is -3.35. The highest BCUT2D eigenvalue weighted by atomic mass is 19.1. The standard InChI is InChI=1S/C18H12F3N3O/c19-11-3-1-4-12(9-11)24-18(25)16-8-7-13(10-22-16)23-17-14(20)5-2-6-15(17)21/h1-10,23H,(H,24,25). The number of para-hydroxylation sites is 1. The summed E-state index contributed by atoms with van der Waals surface area (Å²) in [5, 5.41) is 5.07. The molecule has 25 heavy (non-hydrogen) atoms. The number of carbonyl (C=O) groups excluding carboxylic acids is 1. The van der Waals surface area contributed by atoms with Crippen LogP contribution in [0.2, 0.25) is 0 Å². The molecule has 1 heterocycles. The number of hydrogen-bond acceptors (Lipinski definition) is 3. The van der Waals surface area contributed by atoms with Crippen molar-refractivity contribution in [1.29, 1.82) is 0 Å². The molecule has 3 rings (SSSR count). The van der Waals surface area contributed by atoms with Gasteiger partial charge in [-0.15, -0.1) is 0 Å². The second-order valence-corrected chi connectivity index (χ2v) is 5.12. The second-order valence-electron chi connectivity index (χ2n) is 5.12. The van der Waals surface area contributed by atoms with Gasteiger partial charge >= 0.3 is 0 Å². The van der Waals surface area contributed by atoms with Crippen LogP contribution in [0.15, 0.2) is 60.8 Å². The third-order valence-electron chi connectivity index (χ3n) is 3.31. The van der Waals surface area contributed by atoms with E-state index in [1.54, 1.807) is 0 Å². The first kappa shape index (κ1) is 16.5. The van der Waals surface area contributed by atoms with Gasteiger partial charge in [-0.1, -0.05) is 12.1 Å². The van der Waals surface area contributed by atoms with Gasteiger partial charge in [-0.05, 0) is 42.5 Å². The third-order valence-corrected chi connectivity index (χ3v) is 3.31. The van der Waals surface area contributed by atoms with E-state index >= 15 is 0 Å². The van der Waals surface area contributed by atoms with E-state index in [4.69, 9.17) is 0 Å². The van der Waals surface area contributed by atoms with Crippen LogP contribution >= 0.6 is 0 Å². The van der Waals surface area contributed by atoms with Gasteiger partial charge in [-0.25, -0.2) is 18.2 Å². The largest absolute Gasteiger partial charge is 0.349 e. The number of amides is 1. The minimum Gasteiger partial charge on any atom is -0.349 e. The molecule has 3 aromatic rings. The van der Waals surface area contributed by atoms with Crippen molar-refractivity contribution in [3.63, 3.8) is 0 Å². The SMILES string of the molecule is O=C(Nc1cccc(F)c1)c1ccc(Nc2c(F)cccc2F)cn1. The predicted octanol–water partition coefficient (Wildman–Crippen LogP) is 4.49. The van der Waals surface area contributed by atoms with Gasteiger partial charge in [-0.3, -0.25) is 4.79 Å². The smallest absolute Gasteiger partial charge is 0.274 e. The molecule has 0 saturated heterocycles. The van der Waals surface area contributed by atoms with Gasteiger partial charge in [0.25, 0.3) is 5.91 Å². The minimum absolute atomic E-state index is 0.0730. The number of rotatable bonds is 4. The summed E-state index contributed by atoms with van der Waals surface area (Å²) in [6, 6.07) is 11.8. The first-order valence-electron chi connectivity index (χ1n) is 7.27.